The molecule has 1 aliphatic rings. The minimum absolute atomic E-state index is 0.0845. The van der Waals surface area contributed by atoms with E-state index >= 15 is 0 Å². The molecule has 1 aromatic carbocycles. The summed E-state index contributed by atoms with van der Waals surface area (Å²) in [6.45, 7) is 4.16. The third kappa shape index (κ3) is 1.93. The Labute approximate surface area is 106 Å². The largest absolute Gasteiger partial charge is 0.396 e. The lowest BCUT2D eigenvalue weighted by molar-refractivity contribution is 0.0648. The quantitative estimate of drug-likeness (QED) is 0.650. The fourth-order valence-electron chi connectivity index (χ4n) is 2.31. The predicted octanol–water partition coefficient (Wildman–Crippen LogP) is 1.67. The highest BCUT2D eigenvalue weighted by Gasteiger charge is 2.37. The number of aryl methyl sites for hydroxylation is 2. The molecule has 2 amide bonds. The number of fused-ring (bicyclic) bond motifs is 1. The molecule has 0 aliphatic carbocycles. The summed E-state index contributed by atoms with van der Waals surface area (Å²) in [7, 11) is 0. The molecule has 18 heavy (non-hydrogen) atoms. The number of carbonyl (C=O) groups excluding carboxylic acids is 2. The first-order valence-electron chi connectivity index (χ1n) is 6.15. The average molecular weight is 247 g/mol. The number of imide groups is 1. The van der Waals surface area contributed by atoms with Gasteiger partial charge in [-0.2, -0.15) is 0 Å². The van der Waals surface area contributed by atoms with Crippen LogP contribution >= 0.6 is 0 Å². The van der Waals surface area contributed by atoms with Crippen molar-refractivity contribution in [1.82, 2.24) is 4.90 Å². The van der Waals surface area contributed by atoms with Crippen molar-refractivity contribution in [2.45, 2.75) is 26.7 Å². The van der Waals surface area contributed by atoms with Gasteiger partial charge in [0.2, 0.25) is 0 Å². The van der Waals surface area contributed by atoms with Crippen LogP contribution in [0.3, 0.4) is 0 Å². The lowest BCUT2D eigenvalue weighted by Gasteiger charge is -2.13. The summed E-state index contributed by atoms with van der Waals surface area (Å²) in [6.07, 6.45) is 1.24. The van der Waals surface area contributed by atoms with Gasteiger partial charge in [-0.05, 0) is 37.8 Å². The van der Waals surface area contributed by atoms with E-state index in [0.717, 1.165) is 11.1 Å². The van der Waals surface area contributed by atoms with Gasteiger partial charge >= 0.3 is 0 Å². The molecule has 0 saturated heterocycles. The Bertz CT molecular complexity index is 467. The Morgan fingerprint density at radius 1 is 1.00 bits per heavy atom. The first-order chi connectivity index (χ1) is 8.57. The number of hydrogen-bond acceptors (Lipinski definition) is 3. The van der Waals surface area contributed by atoms with Crippen molar-refractivity contribution in [3.8, 4) is 0 Å². The summed E-state index contributed by atoms with van der Waals surface area (Å²) >= 11 is 0. The van der Waals surface area contributed by atoms with Crippen molar-refractivity contribution in [2.24, 2.45) is 0 Å². The number of aliphatic hydroxyl groups is 1. The summed E-state index contributed by atoms with van der Waals surface area (Å²) < 4.78 is 0. The highest BCUT2D eigenvalue weighted by atomic mass is 16.3. The predicted molar refractivity (Wildman–Crippen MR) is 67.6 cm³/mol. The van der Waals surface area contributed by atoms with Crippen molar-refractivity contribution in [3.05, 3.63) is 34.4 Å². The van der Waals surface area contributed by atoms with Crippen LogP contribution < -0.4 is 0 Å². The van der Waals surface area contributed by atoms with Gasteiger partial charge < -0.3 is 5.11 Å². The van der Waals surface area contributed by atoms with E-state index < -0.39 is 0 Å². The molecule has 0 atom stereocenters. The van der Waals surface area contributed by atoms with Crippen LogP contribution in [0.15, 0.2) is 12.1 Å². The van der Waals surface area contributed by atoms with Gasteiger partial charge in [0.05, 0.1) is 11.1 Å². The fourth-order valence-corrected chi connectivity index (χ4v) is 2.31. The average Bonchev–Trinajstić information content (AvgIpc) is 2.59. The maximum Gasteiger partial charge on any atom is 0.261 e. The highest BCUT2D eigenvalue weighted by molar-refractivity contribution is 6.22. The van der Waals surface area contributed by atoms with E-state index in [-0.39, 0.29) is 18.4 Å². The van der Waals surface area contributed by atoms with Crippen LogP contribution in [-0.2, 0) is 0 Å². The molecule has 0 spiro atoms. The van der Waals surface area contributed by atoms with Gasteiger partial charge in [-0.25, -0.2) is 0 Å². The zero-order chi connectivity index (χ0) is 13.3. The highest BCUT2D eigenvalue weighted by Crippen LogP contribution is 2.28. The molecule has 0 fully saturated rings. The van der Waals surface area contributed by atoms with Crippen LogP contribution in [0.4, 0.5) is 0 Å². The van der Waals surface area contributed by atoms with E-state index in [1.807, 2.05) is 26.0 Å². The van der Waals surface area contributed by atoms with E-state index in [4.69, 9.17) is 5.11 Å². The fraction of sp³-hybridized carbons (Fsp3) is 0.429. The molecular formula is C14H17NO3. The van der Waals surface area contributed by atoms with E-state index in [2.05, 4.69) is 0 Å². The number of unbranched alkanes of at least 4 members (excludes halogenated alkanes) is 1. The molecule has 4 heteroatoms. The molecule has 4 nitrogen and oxygen atoms in total. The number of benzene rings is 1. The molecule has 0 saturated carbocycles. The third-order valence-electron chi connectivity index (χ3n) is 3.33. The topological polar surface area (TPSA) is 57.6 Å². The van der Waals surface area contributed by atoms with Gasteiger partial charge in [-0.1, -0.05) is 12.1 Å². The Balaban J connectivity index is 2.32. The first kappa shape index (κ1) is 12.8. The van der Waals surface area contributed by atoms with Crippen LogP contribution in [0.1, 0.15) is 44.7 Å². The molecule has 96 valence electrons. The lowest BCUT2D eigenvalue weighted by atomic mass is 9.99. The summed E-state index contributed by atoms with van der Waals surface area (Å²) in [5.74, 6) is -0.400. The zero-order valence-corrected chi connectivity index (χ0v) is 10.7. The van der Waals surface area contributed by atoms with Gasteiger partial charge in [0, 0.05) is 13.2 Å². The molecule has 2 rings (SSSR count). The van der Waals surface area contributed by atoms with E-state index in [1.54, 1.807) is 0 Å². The summed E-state index contributed by atoms with van der Waals surface area (Å²) in [5, 5.41) is 8.75. The van der Waals surface area contributed by atoms with E-state index in [0.29, 0.717) is 30.5 Å². The number of rotatable bonds is 4. The minimum atomic E-state index is -0.200. The Kier molecular flexibility index (Phi) is 3.48. The standard InChI is InChI=1S/C14H17NO3/c1-9-5-6-10(2)12-11(9)13(17)15(14(12)18)7-3-4-8-16/h5-6,16H,3-4,7-8H2,1-2H3. The Morgan fingerprint density at radius 3 is 1.94 bits per heavy atom. The van der Waals surface area contributed by atoms with Crippen molar-refractivity contribution in [1.29, 1.82) is 0 Å². The number of carbonyl (C=O) groups is 2. The van der Waals surface area contributed by atoms with Gasteiger partial charge in [-0.3, -0.25) is 14.5 Å². The molecule has 0 radical (unpaired) electrons. The summed E-state index contributed by atoms with van der Waals surface area (Å²) in [4.78, 5) is 25.7. The van der Waals surface area contributed by atoms with Crippen molar-refractivity contribution in [3.63, 3.8) is 0 Å². The molecule has 0 unspecified atom stereocenters. The van der Waals surface area contributed by atoms with Crippen molar-refractivity contribution in [2.75, 3.05) is 13.2 Å². The van der Waals surface area contributed by atoms with Crippen LogP contribution in [0.25, 0.3) is 0 Å². The van der Waals surface area contributed by atoms with E-state index in [1.165, 1.54) is 4.90 Å². The van der Waals surface area contributed by atoms with Gasteiger partial charge in [0.1, 0.15) is 0 Å². The van der Waals surface area contributed by atoms with Crippen LogP contribution in [0.2, 0.25) is 0 Å². The van der Waals surface area contributed by atoms with Crippen LogP contribution in [0.5, 0.6) is 0 Å². The molecular weight excluding hydrogens is 230 g/mol. The second kappa shape index (κ2) is 4.90. The summed E-state index contributed by atoms with van der Waals surface area (Å²) in [6, 6.07) is 3.74. The maximum absolute atomic E-state index is 12.2. The van der Waals surface area contributed by atoms with Gasteiger partial charge in [0.15, 0.2) is 0 Å². The molecule has 1 heterocycles. The lowest BCUT2D eigenvalue weighted by Crippen LogP contribution is -2.31. The number of amides is 2. The molecule has 0 bridgehead atoms. The number of nitrogens with zero attached hydrogens (tertiary/aromatic N) is 1. The molecule has 1 N–H and O–H groups in total. The normalized spacial score (nSPS) is 14.3. The minimum Gasteiger partial charge on any atom is -0.396 e. The second-order valence-corrected chi connectivity index (χ2v) is 4.64. The first-order valence-corrected chi connectivity index (χ1v) is 6.15. The second-order valence-electron chi connectivity index (χ2n) is 4.64. The Morgan fingerprint density at radius 2 is 1.50 bits per heavy atom. The van der Waals surface area contributed by atoms with Crippen molar-refractivity contribution < 1.29 is 14.7 Å². The monoisotopic (exact) mass is 247 g/mol. The van der Waals surface area contributed by atoms with Crippen LogP contribution in [-0.4, -0.2) is 35.0 Å². The smallest absolute Gasteiger partial charge is 0.261 e. The molecule has 1 aliphatic heterocycles. The zero-order valence-electron chi connectivity index (χ0n) is 10.7. The number of hydrogen-bond donors (Lipinski definition) is 1. The maximum atomic E-state index is 12.2. The summed E-state index contributed by atoms with van der Waals surface area (Å²) in [5.41, 5.74) is 2.78. The Hall–Kier alpha value is -1.68. The number of aliphatic hydroxyl groups excluding tert-OH is 1. The molecule has 1 aromatic rings. The van der Waals surface area contributed by atoms with E-state index in [9.17, 15) is 9.59 Å². The van der Waals surface area contributed by atoms with Gasteiger partial charge in [0.25, 0.3) is 11.8 Å². The molecule has 0 aromatic heterocycles. The SMILES string of the molecule is Cc1ccc(C)c2c1C(=O)N(CCCCO)C2=O. The van der Waals surface area contributed by atoms with Crippen molar-refractivity contribution >= 4 is 11.8 Å². The third-order valence-corrected chi connectivity index (χ3v) is 3.33. The van der Waals surface area contributed by atoms with Crippen LogP contribution in [0, 0.1) is 13.8 Å². The van der Waals surface area contributed by atoms with Gasteiger partial charge in [-0.15, -0.1) is 0 Å².